The number of hydrogen-bond donors (Lipinski definition) is 2. The number of nitrogens with zero attached hydrogens (tertiary/aromatic N) is 1. The molecule has 0 saturated heterocycles. The highest BCUT2D eigenvalue weighted by Gasteiger charge is 2.13. The number of pyridine rings is 1. The van der Waals surface area contributed by atoms with Crippen LogP contribution in [-0.4, -0.2) is 18.1 Å². The van der Waals surface area contributed by atoms with Gasteiger partial charge in [-0.25, -0.2) is 9.78 Å². The Labute approximate surface area is 75.9 Å². The number of nitrogens with one attached hydrogen (secondary N) is 1. The summed E-state index contributed by atoms with van der Waals surface area (Å²) in [6.45, 7) is 1.82. The van der Waals surface area contributed by atoms with Crippen molar-refractivity contribution in [1.82, 2.24) is 4.98 Å². The van der Waals surface area contributed by atoms with Crippen LogP contribution in [-0.2, 0) is 4.74 Å². The Morgan fingerprint density at radius 1 is 1.69 bits per heavy atom. The molecule has 5 nitrogen and oxygen atoms in total. The number of ether oxygens (including phenoxy) is 1. The number of aromatic nitrogens is 1. The maximum atomic E-state index is 11.2. The normalized spacial score (nSPS) is 9.46. The summed E-state index contributed by atoms with van der Waals surface area (Å²) in [5, 5.41) is 0. The number of anilines is 1. The third kappa shape index (κ3) is 1.75. The molecule has 3 N–H and O–H groups in total. The number of nitrogens with two attached hydrogens (primary N) is 1. The molecule has 0 aliphatic heterocycles. The highest BCUT2D eigenvalue weighted by molar-refractivity contribution is 5.93. The number of rotatable bonds is 2. The monoisotopic (exact) mass is 181 g/mol. The molecule has 0 fully saturated rings. The molecule has 0 amide bonds. The standard InChI is InChI=1S/C8H11N3O2/c1-5-3-4-10-7(6(5)11-9)8(12)13-2/h3-4,11H,9H2,1-2H3. The number of carbonyl (C=O) groups is 1. The number of hydrazine groups is 1. The fourth-order valence-electron chi connectivity index (χ4n) is 0.992. The van der Waals surface area contributed by atoms with Crippen molar-refractivity contribution in [1.29, 1.82) is 0 Å². The van der Waals surface area contributed by atoms with Crippen LogP contribution in [0.25, 0.3) is 0 Å². The highest BCUT2D eigenvalue weighted by Crippen LogP contribution is 2.17. The quantitative estimate of drug-likeness (QED) is 0.394. The molecule has 1 rings (SSSR count). The zero-order valence-corrected chi connectivity index (χ0v) is 7.50. The fraction of sp³-hybridized carbons (Fsp3) is 0.250. The molecule has 1 aromatic heterocycles. The Hall–Kier alpha value is -1.62. The Balaban J connectivity index is 3.20. The molecule has 0 saturated carbocycles. The largest absolute Gasteiger partial charge is 0.464 e. The molecule has 0 unspecified atom stereocenters. The van der Waals surface area contributed by atoms with E-state index in [1.165, 1.54) is 13.3 Å². The van der Waals surface area contributed by atoms with Gasteiger partial charge in [-0.2, -0.15) is 0 Å². The minimum absolute atomic E-state index is 0.199. The lowest BCUT2D eigenvalue weighted by atomic mass is 10.2. The minimum Gasteiger partial charge on any atom is -0.464 e. The summed E-state index contributed by atoms with van der Waals surface area (Å²) in [5.41, 5.74) is 3.95. The summed E-state index contributed by atoms with van der Waals surface area (Å²) in [4.78, 5) is 15.0. The smallest absolute Gasteiger partial charge is 0.358 e. The number of esters is 1. The van der Waals surface area contributed by atoms with Crippen LogP contribution in [0.2, 0.25) is 0 Å². The van der Waals surface area contributed by atoms with Crippen molar-refractivity contribution in [2.75, 3.05) is 12.5 Å². The van der Waals surface area contributed by atoms with Crippen molar-refractivity contribution in [2.24, 2.45) is 5.84 Å². The van der Waals surface area contributed by atoms with Crippen molar-refractivity contribution >= 4 is 11.7 Å². The second-order valence-electron chi connectivity index (χ2n) is 2.49. The topological polar surface area (TPSA) is 77.2 Å². The predicted molar refractivity (Wildman–Crippen MR) is 48.1 cm³/mol. The van der Waals surface area contributed by atoms with E-state index in [9.17, 15) is 4.79 Å². The van der Waals surface area contributed by atoms with Gasteiger partial charge in [0.25, 0.3) is 0 Å². The number of aryl methyl sites for hydroxylation is 1. The van der Waals surface area contributed by atoms with Gasteiger partial charge in [0.1, 0.15) is 0 Å². The first-order valence-corrected chi connectivity index (χ1v) is 3.71. The summed E-state index contributed by atoms with van der Waals surface area (Å²) in [6.07, 6.45) is 1.53. The summed E-state index contributed by atoms with van der Waals surface area (Å²) < 4.78 is 4.54. The van der Waals surface area contributed by atoms with Crippen molar-refractivity contribution in [2.45, 2.75) is 6.92 Å². The Morgan fingerprint density at radius 2 is 2.38 bits per heavy atom. The van der Waals surface area contributed by atoms with Crippen molar-refractivity contribution in [3.8, 4) is 0 Å². The molecule has 0 aromatic carbocycles. The molecule has 1 heterocycles. The van der Waals surface area contributed by atoms with E-state index in [0.717, 1.165) is 5.56 Å². The molecule has 70 valence electrons. The van der Waals surface area contributed by atoms with E-state index in [2.05, 4.69) is 15.1 Å². The Kier molecular flexibility index (Phi) is 2.81. The number of nitrogen functional groups attached to an aromatic ring is 1. The minimum atomic E-state index is -0.503. The third-order valence-electron chi connectivity index (χ3n) is 1.68. The van der Waals surface area contributed by atoms with Crippen LogP contribution in [0.4, 0.5) is 5.69 Å². The van der Waals surface area contributed by atoms with E-state index < -0.39 is 5.97 Å². The van der Waals surface area contributed by atoms with Crippen LogP contribution in [0.5, 0.6) is 0 Å². The predicted octanol–water partition coefficient (Wildman–Crippen LogP) is 0.462. The van der Waals surface area contributed by atoms with Crippen LogP contribution in [0.15, 0.2) is 12.3 Å². The van der Waals surface area contributed by atoms with Crippen LogP contribution in [0.3, 0.4) is 0 Å². The molecule has 0 atom stereocenters. The van der Waals surface area contributed by atoms with Crippen LogP contribution >= 0.6 is 0 Å². The van der Waals surface area contributed by atoms with Gasteiger partial charge in [0, 0.05) is 6.20 Å². The first-order chi connectivity index (χ1) is 6.20. The molecule has 0 spiro atoms. The SMILES string of the molecule is COC(=O)c1nccc(C)c1NN. The molecule has 0 bridgehead atoms. The zero-order valence-electron chi connectivity index (χ0n) is 7.50. The van der Waals surface area contributed by atoms with E-state index >= 15 is 0 Å². The first-order valence-electron chi connectivity index (χ1n) is 3.71. The average Bonchev–Trinajstić information content (AvgIpc) is 2.16. The van der Waals surface area contributed by atoms with Crippen molar-refractivity contribution in [3.63, 3.8) is 0 Å². The lowest BCUT2D eigenvalue weighted by molar-refractivity contribution is 0.0595. The van der Waals surface area contributed by atoms with Gasteiger partial charge in [-0.15, -0.1) is 0 Å². The molecule has 13 heavy (non-hydrogen) atoms. The molecular formula is C8H11N3O2. The van der Waals surface area contributed by atoms with E-state index in [4.69, 9.17) is 5.84 Å². The van der Waals surface area contributed by atoms with Gasteiger partial charge in [-0.3, -0.25) is 5.84 Å². The molecule has 1 aromatic rings. The molecular weight excluding hydrogens is 170 g/mol. The molecule has 0 aliphatic rings. The Bertz CT molecular complexity index is 325. The van der Waals surface area contributed by atoms with Gasteiger partial charge in [-0.1, -0.05) is 0 Å². The van der Waals surface area contributed by atoms with Gasteiger partial charge in [0.15, 0.2) is 5.69 Å². The van der Waals surface area contributed by atoms with Crippen LogP contribution in [0, 0.1) is 6.92 Å². The van der Waals surface area contributed by atoms with Crippen molar-refractivity contribution in [3.05, 3.63) is 23.5 Å². The molecule has 0 radical (unpaired) electrons. The molecule has 5 heteroatoms. The maximum Gasteiger partial charge on any atom is 0.358 e. The first kappa shape index (κ1) is 9.47. The highest BCUT2D eigenvalue weighted by atomic mass is 16.5. The maximum absolute atomic E-state index is 11.2. The average molecular weight is 181 g/mol. The van der Waals surface area contributed by atoms with Crippen molar-refractivity contribution < 1.29 is 9.53 Å². The van der Waals surface area contributed by atoms with Gasteiger partial charge in [-0.05, 0) is 18.6 Å². The number of hydrogen-bond acceptors (Lipinski definition) is 5. The van der Waals surface area contributed by atoms with E-state index in [-0.39, 0.29) is 5.69 Å². The van der Waals surface area contributed by atoms with E-state index in [0.29, 0.717) is 5.69 Å². The van der Waals surface area contributed by atoms with Crippen LogP contribution in [0.1, 0.15) is 16.1 Å². The van der Waals surface area contributed by atoms with Gasteiger partial charge in [0.05, 0.1) is 12.8 Å². The summed E-state index contributed by atoms with van der Waals surface area (Å²) in [6, 6.07) is 1.75. The van der Waals surface area contributed by atoms with E-state index in [1.54, 1.807) is 6.07 Å². The van der Waals surface area contributed by atoms with Gasteiger partial charge in [0.2, 0.25) is 0 Å². The lowest BCUT2D eigenvalue weighted by Gasteiger charge is -2.08. The number of carbonyl (C=O) groups excluding carboxylic acids is 1. The lowest BCUT2D eigenvalue weighted by Crippen LogP contribution is -2.15. The zero-order chi connectivity index (χ0) is 9.84. The summed E-state index contributed by atoms with van der Waals surface area (Å²) in [7, 11) is 1.30. The fourth-order valence-corrected chi connectivity index (χ4v) is 0.992. The van der Waals surface area contributed by atoms with Gasteiger partial charge >= 0.3 is 5.97 Å². The second-order valence-corrected chi connectivity index (χ2v) is 2.49. The molecule has 0 aliphatic carbocycles. The van der Waals surface area contributed by atoms with Gasteiger partial charge < -0.3 is 10.2 Å². The third-order valence-corrected chi connectivity index (χ3v) is 1.68. The van der Waals surface area contributed by atoms with Crippen LogP contribution < -0.4 is 11.3 Å². The Morgan fingerprint density at radius 3 is 2.92 bits per heavy atom. The summed E-state index contributed by atoms with van der Waals surface area (Å²) in [5.74, 6) is 4.74. The summed E-state index contributed by atoms with van der Waals surface area (Å²) >= 11 is 0. The second kappa shape index (κ2) is 3.86. The number of methoxy groups -OCH3 is 1. The van der Waals surface area contributed by atoms with E-state index in [1.807, 2.05) is 6.92 Å².